The molecule has 6 nitrogen and oxygen atoms in total. The van der Waals surface area contributed by atoms with Crippen LogP contribution in [-0.2, 0) is 4.74 Å². The zero-order valence-corrected chi connectivity index (χ0v) is 13.9. The Morgan fingerprint density at radius 2 is 2.22 bits per heavy atom. The Morgan fingerprint density at radius 3 is 2.91 bits per heavy atom. The van der Waals surface area contributed by atoms with Crippen LogP contribution in [0.15, 0.2) is 36.5 Å². The van der Waals surface area contributed by atoms with Crippen molar-refractivity contribution in [1.29, 1.82) is 0 Å². The minimum atomic E-state index is -0.250. The van der Waals surface area contributed by atoms with Crippen LogP contribution in [0.3, 0.4) is 0 Å². The Morgan fingerprint density at radius 1 is 1.43 bits per heavy atom. The van der Waals surface area contributed by atoms with Crippen molar-refractivity contribution in [2.24, 2.45) is 0 Å². The van der Waals surface area contributed by atoms with Gasteiger partial charge in [0.2, 0.25) is 0 Å². The monoisotopic (exact) mass is 316 g/mol. The average Bonchev–Trinajstić information content (AvgIpc) is 2.90. The van der Waals surface area contributed by atoms with Crippen molar-refractivity contribution >= 4 is 22.6 Å². The number of nitrogens with zero attached hydrogens (tertiary/aromatic N) is 2. The molecular formula is C17H24N4O2. The number of ether oxygens (including phenoxy) is 1. The lowest BCUT2D eigenvalue weighted by Crippen LogP contribution is -2.31. The molecule has 2 amide bonds. The van der Waals surface area contributed by atoms with E-state index in [2.05, 4.69) is 36.2 Å². The Hall–Kier alpha value is -2.34. The second kappa shape index (κ2) is 7.78. The first kappa shape index (κ1) is 17.0. The van der Waals surface area contributed by atoms with E-state index >= 15 is 0 Å². The third kappa shape index (κ3) is 5.10. The van der Waals surface area contributed by atoms with Gasteiger partial charge >= 0.3 is 6.03 Å². The molecule has 0 aliphatic heterocycles. The highest BCUT2D eigenvalue weighted by Gasteiger charge is 2.06. The maximum Gasteiger partial charge on any atom is 0.319 e. The predicted molar refractivity (Wildman–Crippen MR) is 92.8 cm³/mol. The van der Waals surface area contributed by atoms with E-state index in [1.165, 1.54) is 0 Å². The number of carbonyl (C=O) groups excluding carboxylic acids is 1. The number of hydrogen-bond acceptors (Lipinski definition) is 3. The molecule has 0 aliphatic carbocycles. The smallest absolute Gasteiger partial charge is 0.319 e. The first-order valence-corrected chi connectivity index (χ1v) is 7.71. The summed E-state index contributed by atoms with van der Waals surface area (Å²) in [5, 5.41) is 11.0. The number of carbonyl (C=O) groups is 1. The summed E-state index contributed by atoms with van der Waals surface area (Å²) in [4.78, 5) is 11.8. The number of hydrogen-bond donors (Lipinski definition) is 2. The fraction of sp³-hybridized carbons (Fsp3) is 0.412. The molecular weight excluding hydrogens is 292 g/mol. The molecule has 2 N–H and O–H groups in total. The van der Waals surface area contributed by atoms with E-state index in [9.17, 15) is 4.79 Å². The number of rotatable bonds is 7. The van der Waals surface area contributed by atoms with Gasteiger partial charge in [0, 0.05) is 29.9 Å². The Labute approximate surface area is 136 Å². The lowest BCUT2D eigenvalue weighted by atomic mass is 10.2. The molecule has 0 fully saturated rings. The molecule has 1 heterocycles. The Kier molecular flexibility index (Phi) is 5.76. The second-order valence-electron chi connectivity index (χ2n) is 5.87. The molecule has 2 rings (SSSR count). The van der Waals surface area contributed by atoms with Gasteiger partial charge in [0.25, 0.3) is 0 Å². The summed E-state index contributed by atoms with van der Waals surface area (Å²) in [7, 11) is 0. The number of benzene rings is 1. The van der Waals surface area contributed by atoms with Crippen LogP contribution >= 0.6 is 0 Å². The van der Waals surface area contributed by atoms with Crippen LogP contribution in [0.5, 0.6) is 0 Å². The van der Waals surface area contributed by atoms with E-state index in [0.717, 1.165) is 22.2 Å². The summed E-state index contributed by atoms with van der Waals surface area (Å²) in [6, 6.07) is 5.72. The molecule has 6 heteroatoms. The van der Waals surface area contributed by atoms with Gasteiger partial charge in [0.15, 0.2) is 0 Å². The summed E-state index contributed by atoms with van der Waals surface area (Å²) in [5.41, 5.74) is 2.61. The van der Waals surface area contributed by atoms with Gasteiger partial charge < -0.3 is 15.4 Å². The molecule has 0 radical (unpaired) electrons. The number of amides is 2. The molecule has 0 bridgehead atoms. The van der Waals surface area contributed by atoms with Crippen molar-refractivity contribution in [3.8, 4) is 0 Å². The zero-order chi connectivity index (χ0) is 16.8. The summed E-state index contributed by atoms with van der Waals surface area (Å²) >= 11 is 0. The van der Waals surface area contributed by atoms with Crippen LogP contribution in [0, 0.1) is 0 Å². The van der Waals surface area contributed by atoms with Crippen LogP contribution in [0.1, 0.15) is 26.8 Å². The van der Waals surface area contributed by atoms with Gasteiger partial charge in [-0.05, 0) is 39.0 Å². The van der Waals surface area contributed by atoms with Gasteiger partial charge in [0.1, 0.15) is 0 Å². The van der Waals surface area contributed by atoms with E-state index in [1.807, 2.05) is 36.0 Å². The van der Waals surface area contributed by atoms with Gasteiger partial charge in [-0.1, -0.05) is 12.2 Å². The third-order valence-corrected chi connectivity index (χ3v) is 3.19. The van der Waals surface area contributed by atoms with Crippen LogP contribution < -0.4 is 10.6 Å². The number of aromatic nitrogens is 2. The van der Waals surface area contributed by atoms with E-state index in [1.54, 1.807) is 0 Å². The zero-order valence-electron chi connectivity index (χ0n) is 13.9. The summed E-state index contributed by atoms with van der Waals surface area (Å²) in [5.74, 6) is 0. The maximum atomic E-state index is 11.8. The fourth-order valence-corrected chi connectivity index (χ4v) is 2.05. The number of anilines is 1. The molecule has 124 valence electrons. The van der Waals surface area contributed by atoms with E-state index in [4.69, 9.17) is 4.74 Å². The van der Waals surface area contributed by atoms with Gasteiger partial charge in [-0.2, -0.15) is 5.10 Å². The van der Waals surface area contributed by atoms with Crippen molar-refractivity contribution in [3.63, 3.8) is 0 Å². The van der Waals surface area contributed by atoms with Crippen LogP contribution in [0.25, 0.3) is 10.9 Å². The highest BCUT2D eigenvalue weighted by molar-refractivity contribution is 5.92. The molecule has 0 atom stereocenters. The van der Waals surface area contributed by atoms with Gasteiger partial charge in [0.05, 0.1) is 18.7 Å². The topological polar surface area (TPSA) is 68.2 Å². The van der Waals surface area contributed by atoms with Crippen LogP contribution in [0.4, 0.5) is 10.5 Å². The second-order valence-corrected chi connectivity index (χ2v) is 5.87. The van der Waals surface area contributed by atoms with Crippen LogP contribution in [-0.4, -0.2) is 35.6 Å². The highest BCUT2D eigenvalue weighted by Crippen LogP contribution is 2.19. The standard InChI is InChI=1S/C17H24N4O2/c1-12(2)11-23-8-7-18-17(22)19-15-5-6-16-14(9-15)10-21(20-16)13(3)4/h5-6,9-10,13H,1,7-8,11H2,2-4H3,(H2,18,19,22). The normalized spacial score (nSPS) is 11.0. The molecule has 1 aromatic carbocycles. The van der Waals surface area contributed by atoms with Gasteiger partial charge in [-0.25, -0.2) is 4.79 Å². The average molecular weight is 316 g/mol. The molecule has 1 aromatic heterocycles. The Bertz CT molecular complexity index is 691. The summed E-state index contributed by atoms with van der Waals surface area (Å²) < 4.78 is 7.24. The lowest BCUT2D eigenvalue weighted by molar-refractivity contribution is 0.159. The SMILES string of the molecule is C=C(C)COCCNC(=O)Nc1ccc2nn(C(C)C)cc2c1. The van der Waals surface area contributed by atoms with Crippen LogP contribution in [0.2, 0.25) is 0 Å². The van der Waals surface area contributed by atoms with Crippen molar-refractivity contribution in [1.82, 2.24) is 15.1 Å². The van der Waals surface area contributed by atoms with Gasteiger partial charge in [-0.3, -0.25) is 4.68 Å². The first-order chi connectivity index (χ1) is 11.0. The largest absolute Gasteiger partial charge is 0.375 e. The van der Waals surface area contributed by atoms with E-state index in [-0.39, 0.29) is 6.03 Å². The Balaban J connectivity index is 1.86. The van der Waals surface area contributed by atoms with Crippen molar-refractivity contribution in [3.05, 3.63) is 36.5 Å². The summed E-state index contributed by atoms with van der Waals surface area (Å²) in [6.45, 7) is 11.2. The minimum Gasteiger partial charge on any atom is -0.375 e. The minimum absolute atomic E-state index is 0.250. The van der Waals surface area contributed by atoms with Crippen molar-refractivity contribution in [2.75, 3.05) is 25.1 Å². The predicted octanol–water partition coefficient (Wildman–Crippen LogP) is 3.33. The molecule has 0 unspecified atom stereocenters. The number of nitrogens with one attached hydrogen (secondary N) is 2. The number of urea groups is 1. The molecule has 2 aromatic rings. The maximum absolute atomic E-state index is 11.8. The summed E-state index contributed by atoms with van der Waals surface area (Å²) in [6.07, 6.45) is 1.98. The lowest BCUT2D eigenvalue weighted by Gasteiger charge is -2.08. The van der Waals surface area contributed by atoms with E-state index in [0.29, 0.717) is 25.8 Å². The van der Waals surface area contributed by atoms with Crippen molar-refractivity contribution in [2.45, 2.75) is 26.8 Å². The quantitative estimate of drug-likeness (QED) is 0.608. The fourth-order valence-electron chi connectivity index (χ4n) is 2.05. The highest BCUT2D eigenvalue weighted by atomic mass is 16.5. The molecule has 0 aliphatic rings. The third-order valence-electron chi connectivity index (χ3n) is 3.19. The molecule has 23 heavy (non-hydrogen) atoms. The van der Waals surface area contributed by atoms with Gasteiger partial charge in [-0.15, -0.1) is 0 Å². The molecule has 0 saturated heterocycles. The molecule has 0 saturated carbocycles. The molecule has 0 spiro atoms. The number of fused-ring (bicyclic) bond motifs is 1. The van der Waals surface area contributed by atoms with E-state index < -0.39 is 0 Å². The first-order valence-electron chi connectivity index (χ1n) is 7.71. The van der Waals surface area contributed by atoms with Crippen molar-refractivity contribution < 1.29 is 9.53 Å².